The van der Waals surface area contributed by atoms with Gasteiger partial charge in [-0.15, -0.1) is 0 Å². The molecule has 1 aromatic heterocycles. The molecule has 0 saturated heterocycles. The van der Waals surface area contributed by atoms with E-state index in [1.807, 2.05) is 0 Å². The third kappa shape index (κ3) is 10.3. The van der Waals surface area contributed by atoms with Crippen molar-refractivity contribution in [1.82, 2.24) is 15.6 Å². The molecule has 15 heteroatoms. The van der Waals surface area contributed by atoms with Gasteiger partial charge in [0.15, 0.2) is 23.0 Å². The molecule has 2 aromatic carbocycles. The predicted octanol–water partition coefficient (Wildman–Crippen LogP) is 4.23. The highest BCUT2D eigenvalue weighted by Crippen LogP contribution is 2.34. The highest BCUT2D eigenvalue weighted by Gasteiger charge is 2.22. The van der Waals surface area contributed by atoms with Gasteiger partial charge in [0.2, 0.25) is 11.8 Å². The van der Waals surface area contributed by atoms with Crippen LogP contribution in [0.15, 0.2) is 40.8 Å². The van der Waals surface area contributed by atoms with E-state index in [1.54, 1.807) is 13.8 Å². The Morgan fingerprint density at radius 2 is 1.80 bits per heavy atom. The summed E-state index contributed by atoms with van der Waals surface area (Å²) in [5.74, 6) is -3.67. The van der Waals surface area contributed by atoms with Gasteiger partial charge in [-0.3, -0.25) is 14.4 Å². The molecule has 0 aliphatic rings. The summed E-state index contributed by atoms with van der Waals surface area (Å²) < 4.78 is 73.8. The molecule has 3 rings (SSSR count). The van der Waals surface area contributed by atoms with Crippen molar-refractivity contribution >= 4 is 17.8 Å². The van der Waals surface area contributed by atoms with Crippen molar-refractivity contribution in [1.29, 1.82) is 0 Å². The molecule has 238 valence electrons. The van der Waals surface area contributed by atoms with Gasteiger partial charge in [-0.25, -0.2) is 13.8 Å². The molecule has 0 aliphatic carbocycles. The van der Waals surface area contributed by atoms with E-state index in [9.17, 15) is 31.9 Å². The second-order valence-electron chi connectivity index (χ2n) is 9.57. The van der Waals surface area contributed by atoms with Crippen LogP contribution in [-0.2, 0) is 27.4 Å². The van der Waals surface area contributed by atoms with Crippen molar-refractivity contribution in [3.63, 3.8) is 0 Å². The Morgan fingerprint density at radius 1 is 1.02 bits per heavy atom. The zero-order valence-electron chi connectivity index (χ0n) is 24.0. The van der Waals surface area contributed by atoms with Crippen LogP contribution in [0.3, 0.4) is 0 Å². The molecule has 2 amide bonds. The van der Waals surface area contributed by atoms with Crippen LogP contribution >= 0.6 is 0 Å². The number of nitrogens with one attached hydrogen (secondary N) is 2. The number of halogens is 4. The largest absolute Gasteiger partial charge is 0.490 e. The molecule has 0 bridgehead atoms. The summed E-state index contributed by atoms with van der Waals surface area (Å²) in [6.07, 6.45) is 0.524. The third-order valence-corrected chi connectivity index (χ3v) is 5.81. The summed E-state index contributed by atoms with van der Waals surface area (Å²) in [5.41, 5.74) is 5.81. The van der Waals surface area contributed by atoms with E-state index in [1.165, 1.54) is 24.3 Å². The van der Waals surface area contributed by atoms with Crippen molar-refractivity contribution in [2.24, 2.45) is 5.73 Å². The van der Waals surface area contributed by atoms with E-state index in [-0.39, 0.29) is 84.6 Å². The summed E-state index contributed by atoms with van der Waals surface area (Å²) in [5, 5.41) is 4.92. The van der Waals surface area contributed by atoms with Crippen LogP contribution in [-0.4, -0.2) is 48.6 Å². The molecule has 0 aliphatic heterocycles. The summed E-state index contributed by atoms with van der Waals surface area (Å²) >= 11 is 0. The first-order valence-electron chi connectivity index (χ1n) is 13.6. The lowest BCUT2D eigenvalue weighted by molar-refractivity contribution is -0.147. The molecule has 0 atom stereocenters. The Kier molecular flexibility index (Phi) is 12.5. The number of ether oxygens (including phenoxy) is 3. The minimum Gasteiger partial charge on any atom is -0.490 e. The van der Waals surface area contributed by atoms with Crippen molar-refractivity contribution < 1.29 is 50.6 Å². The van der Waals surface area contributed by atoms with Gasteiger partial charge in [0.05, 0.1) is 19.3 Å². The number of hydrogen-bond donors (Lipinski definition) is 3. The number of nitrogens with zero attached hydrogens (tertiary/aromatic N) is 1. The van der Waals surface area contributed by atoms with Crippen LogP contribution in [0.1, 0.15) is 54.9 Å². The lowest BCUT2D eigenvalue weighted by Gasteiger charge is -2.13. The summed E-state index contributed by atoms with van der Waals surface area (Å²) in [7, 11) is 0. The summed E-state index contributed by atoms with van der Waals surface area (Å²) in [6, 6.07) is 6.83. The van der Waals surface area contributed by atoms with Crippen molar-refractivity contribution in [3.05, 3.63) is 65.1 Å². The van der Waals surface area contributed by atoms with Gasteiger partial charge in [-0.2, -0.15) is 8.78 Å². The van der Waals surface area contributed by atoms with Crippen LogP contribution in [0.5, 0.6) is 11.5 Å². The average molecular weight is 625 g/mol. The first kappa shape index (κ1) is 33.8. The maximum Gasteiger partial charge on any atom is 0.387 e. The van der Waals surface area contributed by atoms with Crippen LogP contribution < -0.4 is 25.8 Å². The summed E-state index contributed by atoms with van der Waals surface area (Å²) in [6.45, 7) is -0.466. The Bertz CT molecular complexity index is 1450. The average Bonchev–Trinajstić information content (AvgIpc) is 3.40. The zero-order chi connectivity index (χ0) is 32.2. The number of nitrogens with two attached hydrogens (primary N) is 1. The van der Waals surface area contributed by atoms with E-state index in [0.29, 0.717) is 18.9 Å². The van der Waals surface area contributed by atoms with Crippen LogP contribution in [0.4, 0.5) is 17.6 Å². The molecule has 0 radical (unpaired) electrons. The molecular weight excluding hydrogens is 592 g/mol. The molecule has 3 aromatic rings. The van der Waals surface area contributed by atoms with Crippen LogP contribution in [0, 0.1) is 11.6 Å². The Morgan fingerprint density at radius 3 is 2.48 bits per heavy atom. The van der Waals surface area contributed by atoms with Crippen molar-refractivity contribution in [2.75, 3.05) is 13.2 Å². The Hall–Kier alpha value is -4.66. The van der Waals surface area contributed by atoms with Gasteiger partial charge < -0.3 is 35.0 Å². The minimum atomic E-state index is -3.14. The van der Waals surface area contributed by atoms with E-state index >= 15 is 0 Å². The maximum absolute atomic E-state index is 13.9. The molecule has 0 unspecified atom stereocenters. The molecule has 0 fully saturated rings. The zero-order valence-corrected chi connectivity index (χ0v) is 24.0. The minimum absolute atomic E-state index is 0.00296. The van der Waals surface area contributed by atoms with Gasteiger partial charge >= 0.3 is 12.6 Å². The predicted molar refractivity (Wildman–Crippen MR) is 148 cm³/mol. The second-order valence-corrected chi connectivity index (χ2v) is 9.57. The number of unbranched alkanes of at least 4 members (excludes halogenated alkanes) is 1. The Balaban J connectivity index is 1.64. The highest BCUT2D eigenvalue weighted by atomic mass is 19.3. The number of esters is 1. The van der Waals surface area contributed by atoms with Crippen LogP contribution in [0.25, 0.3) is 11.5 Å². The fourth-order valence-corrected chi connectivity index (χ4v) is 3.80. The van der Waals surface area contributed by atoms with E-state index in [4.69, 9.17) is 19.6 Å². The number of hydrogen-bond acceptors (Lipinski definition) is 9. The molecule has 44 heavy (non-hydrogen) atoms. The first-order valence-corrected chi connectivity index (χ1v) is 13.6. The van der Waals surface area contributed by atoms with Gasteiger partial charge in [0, 0.05) is 30.2 Å². The normalized spacial score (nSPS) is 11.0. The van der Waals surface area contributed by atoms with Crippen molar-refractivity contribution in [3.8, 4) is 23.0 Å². The van der Waals surface area contributed by atoms with E-state index in [0.717, 1.165) is 6.07 Å². The summed E-state index contributed by atoms with van der Waals surface area (Å²) in [4.78, 5) is 40.4. The number of rotatable bonds is 16. The number of aromatic nitrogens is 1. The van der Waals surface area contributed by atoms with Crippen LogP contribution in [0.2, 0.25) is 0 Å². The number of benzene rings is 2. The number of carbonyl (C=O) groups excluding carboxylic acids is 3. The van der Waals surface area contributed by atoms with E-state index in [2.05, 4.69) is 20.4 Å². The second kappa shape index (κ2) is 16.3. The molecule has 0 spiro atoms. The van der Waals surface area contributed by atoms with Crippen molar-refractivity contribution in [2.45, 2.75) is 58.9 Å². The monoisotopic (exact) mass is 624 g/mol. The lowest BCUT2D eigenvalue weighted by Crippen LogP contribution is -2.31. The number of carbonyl (C=O) groups is 3. The van der Waals surface area contributed by atoms with Gasteiger partial charge in [-0.1, -0.05) is 6.07 Å². The fraction of sp³-hybridized carbons (Fsp3) is 0.379. The number of oxazole rings is 1. The highest BCUT2D eigenvalue weighted by molar-refractivity contribution is 5.93. The number of amides is 2. The van der Waals surface area contributed by atoms with Gasteiger partial charge in [0.1, 0.15) is 18.2 Å². The lowest BCUT2D eigenvalue weighted by atomic mass is 10.2. The molecule has 4 N–H and O–H groups in total. The standard InChI is InChI=1S/C29H32F4N4O7/c1-16(2)42-25(39)15-35-24(38)5-3-4-10-41-22-11-17(7-9-21(22)44-29(32)33)28-37-26(23(13-34)43-28)27(40)36-14-18-6-8-19(30)12-20(18)31/h6-9,11-12,16,29H,3-5,10,13-15,34H2,1-2H3,(H,35,38)(H,36,40). The quantitative estimate of drug-likeness (QED) is 0.121. The van der Waals surface area contributed by atoms with Gasteiger partial charge in [0.25, 0.3) is 5.91 Å². The maximum atomic E-state index is 13.9. The first-order chi connectivity index (χ1) is 21.0. The number of alkyl halides is 2. The third-order valence-electron chi connectivity index (χ3n) is 5.81. The SMILES string of the molecule is CC(C)OC(=O)CNC(=O)CCCCOc1cc(-c2nc(C(=O)NCc3ccc(F)cc3F)c(CN)o2)ccc1OC(F)F. The molecule has 0 saturated carbocycles. The molecule has 11 nitrogen and oxygen atoms in total. The Labute approximate surface area is 250 Å². The van der Waals surface area contributed by atoms with Gasteiger partial charge in [-0.05, 0) is 51.0 Å². The smallest absolute Gasteiger partial charge is 0.387 e. The fourth-order valence-electron chi connectivity index (χ4n) is 3.80. The topological polar surface area (TPSA) is 155 Å². The molecular formula is C29H32F4N4O7. The molecule has 1 heterocycles. The van der Waals surface area contributed by atoms with E-state index < -0.39 is 30.1 Å².